The second kappa shape index (κ2) is 10.7. The van der Waals surface area contributed by atoms with Crippen LogP contribution in [0.15, 0.2) is 23.2 Å². The highest BCUT2D eigenvalue weighted by Gasteiger charge is 2.09. The predicted molar refractivity (Wildman–Crippen MR) is 99.8 cm³/mol. The summed E-state index contributed by atoms with van der Waals surface area (Å²) >= 11 is 0. The number of ether oxygens (including phenoxy) is 1. The van der Waals surface area contributed by atoms with Crippen LogP contribution in [0.3, 0.4) is 0 Å². The molecule has 0 amide bonds. The molecular formula is C15H26IN5O. The van der Waals surface area contributed by atoms with E-state index in [1.165, 1.54) is 0 Å². The number of nitrogens with zero attached hydrogens (tertiary/aromatic N) is 3. The van der Waals surface area contributed by atoms with E-state index in [-0.39, 0.29) is 24.0 Å². The molecule has 0 spiro atoms. The maximum atomic E-state index is 5.34. The third-order valence-electron chi connectivity index (χ3n) is 3.43. The fourth-order valence-corrected chi connectivity index (χ4v) is 2.25. The van der Waals surface area contributed by atoms with Crippen molar-refractivity contribution in [3.8, 4) is 0 Å². The minimum absolute atomic E-state index is 0. The largest absolute Gasteiger partial charge is 0.379 e. The molecule has 1 fully saturated rings. The normalized spacial score (nSPS) is 16.0. The Morgan fingerprint density at radius 2 is 2.09 bits per heavy atom. The number of aromatic nitrogens is 1. The Bertz CT molecular complexity index is 463. The van der Waals surface area contributed by atoms with Crippen molar-refractivity contribution in [3.63, 3.8) is 0 Å². The van der Waals surface area contributed by atoms with Gasteiger partial charge in [0, 0.05) is 38.9 Å². The smallest absolute Gasteiger partial charge is 0.191 e. The van der Waals surface area contributed by atoms with Gasteiger partial charge in [0.15, 0.2) is 5.96 Å². The first-order chi connectivity index (χ1) is 10.3. The van der Waals surface area contributed by atoms with Gasteiger partial charge < -0.3 is 15.4 Å². The zero-order chi connectivity index (χ0) is 14.9. The standard InChI is InChI=1S/C15H25N5O.HI/c1-13-4-3-5-14(19-13)12-18-15(16-2)17-6-7-20-8-10-21-11-9-20;/h3-5H,6-12H2,1-2H3,(H2,16,17,18);1H. The molecule has 0 bridgehead atoms. The molecule has 1 aromatic rings. The first kappa shape index (κ1) is 19.1. The average molecular weight is 419 g/mol. The molecule has 1 aromatic heterocycles. The van der Waals surface area contributed by atoms with Crippen molar-refractivity contribution in [1.82, 2.24) is 20.5 Å². The lowest BCUT2D eigenvalue weighted by Crippen LogP contribution is -2.44. The van der Waals surface area contributed by atoms with E-state index in [1.807, 2.05) is 25.1 Å². The number of aryl methyl sites for hydroxylation is 1. The zero-order valence-electron chi connectivity index (χ0n) is 13.3. The second-order valence-corrected chi connectivity index (χ2v) is 5.08. The molecule has 0 aromatic carbocycles. The van der Waals surface area contributed by atoms with Gasteiger partial charge in [0.2, 0.25) is 0 Å². The Balaban J connectivity index is 0.00000242. The lowest BCUT2D eigenvalue weighted by molar-refractivity contribution is 0.0389. The van der Waals surface area contributed by atoms with Crippen molar-refractivity contribution in [1.29, 1.82) is 0 Å². The quantitative estimate of drug-likeness (QED) is 0.424. The molecule has 7 heteroatoms. The van der Waals surface area contributed by atoms with Gasteiger partial charge in [0.25, 0.3) is 0 Å². The zero-order valence-corrected chi connectivity index (χ0v) is 15.7. The molecule has 2 N–H and O–H groups in total. The van der Waals surface area contributed by atoms with Crippen molar-refractivity contribution in [2.75, 3.05) is 46.4 Å². The van der Waals surface area contributed by atoms with Crippen LogP contribution in [0.4, 0.5) is 0 Å². The average Bonchev–Trinajstić information content (AvgIpc) is 2.52. The highest BCUT2D eigenvalue weighted by atomic mass is 127. The molecule has 0 atom stereocenters. The molecule has 1 aliphatic heterocycles. The summed E-state index contributed by atoms with van der Waals surface area (Å²) in [6.07, 6.45) is 0. The Kier molecular flexibility index (Phi) is 9.33. The lowest BCUT2D eigenvalue weighted by Gasteiger charge is -2.26. The summed E-state index contributed by atoms with van der Waals surface area (Å²) < 4.78 is 5.34. The van der Waals surface area contributed by atoms with Gasteiger partial charge in [-0.3, -0.25) is 14.9 Å². The van der Waals surface area contributed by atoms with E-state index < -0.39 is 0 Å². The third-order valence-corrected chi connectivity index (χ3v) is 3.43. The van der Waals surface area contributed by atoms with Crippen LogP contribution in [0.5, 0.6) is 0 Å². The summed E-state index contributed by atoms with van der Waals surface area (Å²) in [4.78, 5) is 11.1. The SMILES string of the molecule is CN=C(NCCN1CCOCC1)NCc1cccc(C)n1.I. The monoisotopic (exact) mass is 419 g/mol. The summed E-state index contributed by atoms with van der Waals surface area (Å²) in [5.74, 6) is 0.812. The molecule has 124 valence electrons. The summed E-state index contributed by atoms with van der Waals surface area (Å²) in [6, 6.07) is 6.04. The van der Waals surface area contributed by atoms with E-state index in [0.29, 0.717) is 6.54 Å². The number of pyridine rings is 1. The van der Waals surface area contributed by atoms with Crippen molar-refractivity contribution in [2.45, 2.75) is 13.5 Å². The highest BCUT2D eigenvalue weighted by Crippen LogP contribution is 1.97. The fourth-order valence-electron chi connectivity index (χ4n) is 2.25. The lowest BCUT2D eigenvalue weighted by atomic mass is 10.3. The summed E-state index contributed by atoms with van der Waals surface area (Å²) in [6.45, 7) is 8.27. The number of aliphatic imine (C=N–C) groups is 1. The number of rotatable bonds is 5. The second-order valence-electron chi connectivity index (χ2n) is 5.08. The third kappa shape index (κ3) is 6.89. The molecule has 2 rings (SSSR count). The van der Waals surface area contributed by atoms with Gasteiger partial charge in [-0.05, 0) is 19.1 Å². The summed E-state index contributed by atoms with van der Waals surface area (Å²) in [5, 5.41) is 6.61. The van der Waals surface area contributed by atoms with E-state index in [1.54, 1.807) is 7.05 Å². The highest BCUT2D eigenvalue weighted by molar-refractivity contribution is 14.0. The number of halogens is 1. The molecular weight excluding hydrogens is 393 g/mol. The van der Waals surface area contributed by atoms with Crippen molar-refractivity contribution in [2.24, 2.45) is 4.99 Å². The Morgan fingerprint density at radius 3 is 2.77 bits per heavy atom. The van der Waals surface area contributed by atoms with Crippen LogP contribution >= 0.6 is 24.0 Å². The number of morpholine rings is 1. The first-order valence-corrected chi connectivity index (χ1v) is 7.45. The molecule has 1 saturated heterocycles. The van der Waals surface area contributed by atoms with E-state index in [0.717, 1.165) is 56.7 Å². The van der Waals surface area contributed by atoms with E-state index in [9.17, 15) is 0 Å². The predicted octanol–water partition coefficient (Wildman–Crippen LogP) is 1.01. The van der Waals surface area contributed by atoms with Crippen LogP contribution in [0.1, 0.15) is 11.4 Å². The number of guanidine groups is 1. The van der Waals surface area contributed by atoms with E-state index in [2.05, 4.69) is 25.5 Å². The fraction of sp³-hybridized carbons (Fsp3) is 0.600. The number of hydrogen-bond donors (Lipinski definition) is 2. The Labute approximate surface area is 149 Å². The molecule has 1 aliphatic rings. The van der Waals surface area contributed by atoms with Crippen LogP contribution in [0.25, 0.3) is 0 Å². The van der Waals surface area contributed by atoms with Crippen molar-refractivity contribution < 1.29 is 4.74 Å². The molecule has 0 unspecified atom stereocenters. The molecule has 22 heavy (non-hydrogen) atoms. The number of hydrogen-bond acceptors (Lipinski definition) is 4. The van der Waals surface area contributed by atoms with E-state index >= 15 is 0 Å². The van der Waals surface area contributed by atoms with Gasteiger partial charge in [0.1, 0.15) is 0 Å². The first-order valence-electron chi connectivity index (χ1n) is 7.45. The maximum Gasteiger partial charge on any atom is 0.191 e. The van der Waals surface area contributed by atoms with Gasteiger partial charge in [-0.2, -0.15) is 0 Å². The van der Waals surface area contributed by atoms with Crippen LogP contribution in [0.2, 0.25) is 0 Å². The maximum absolute atomic E-state index is 5.34. The van der Waals surface area contributed by atoms with Crippen LogP contribution in [-0.2, 0) is 11.3 Å². The Morgan fingerprint density at radius 1 is 1.32 bits per heavy atom. The number of nitrogens with one attached hydrogen (secondary N) is 2. The van der Waals surface area contributed by atoms with Crippen molar-refractivity contribution in [3.05, 3.63) is 29.6 Å². The van der Waals surface area contributed by atoms with Crippen molar-refractivity contribution >= 4 is 29.9 Å². The van der Waals surface area contributed by atoms with Gasteiger partial charge in [0.05, 0.1) is 25.5 Å². The molecule has 6 nitrogen and oxygen atoms in total. The molecule has 0 aliphatic carbocycles. The van der Waals surface area contributed by atoms with Gasteiger partial charge in [-0.25, -0.2) is 0 Å². The van der Waals surface area contributed by atoms with Gasteiger partial charge in [-0.15, -0.1) is 24.0 Å². The summed E-state index contributed by atoms with van der Waals surface area (Å²) in [5.41, 5.74) is 2.05. The van der Waals surface area contributed by atoms with Crippen LogP contribution in [0, 0.1) is 6.92 Å². The van der Waals surface area contributed by atoms with Crippen LogP contribution < -0.4 is 10.6 Å². The Hall–Kier alpha value is -0.930. The topological polar surface area (TPSA) is 61.8 Å². The molecule has 0 radical (unpaired) electrons. The minimum Gasteiger partial charge on any atom is -0.379 e. The van der Waals surface area contributed by atoms with Gasteiger partial charge in [-0.1, -0.05) is 6.07 Å². The summed E-state index contributed by atoms with van der Waals surface area (Å²) in [7, 11) is 1.79. The van der Waals surface area contributed by atoms with Gasteiger partial charge >= 0.3 is 0 Å². The van der Waals surface area contributed by atoms with E-state index in [4.69, 9.17) is 4.74 Å². The molecule has 0 saturated carbocycles. The molecule has 2 heterocycles. The minimum atomic E-state index is 0. The van der Waals surface area contributed by atoms with Crippen LogP contribution in [-0.4, -0.2) is 62.3 Å².